The third kappa shape index (κ3) is 1.58. The SMILES string of the molecule is COc1ccccc1[C@@H]1CCC(=O)N1. The van der Waals surface area contributed by atoms with Crippen LogP contribution in [0, 0.1) is 0 Å². The molecule has 0 spiro atoms. The number of nitrogens with one attached hydrogen (secondary N) is 1. The monoisotopic (exact) mass is 191 g/mol. The van der Waals surface area contributed by atoms with Crippen LogP contribution in [0.3, 0.4) is 0 Å². The molecule has 74 valence electrons. The molecule has 0 saturated carbocycles. The standard InChI is InChI=1S/C11H13NO2/c1-14-10-5-3-2-4-8(10)9-6-7-11(13)12-9/h2-5,9H,6-7H2,1H3,(H,12,13)/t9-/m0/s1. The van der Waals surface area contributed by atoms with Crippen molar-refractivity contribution in [2.75, 3.05) is 7.11 Å². The van der Waals surface area contributed by atoms with Gasteiger partial charge in [0.15, 0.2) is 0 Å². The molecule has 1 aromatic carbocycles. The fraction of sp³-hybridized carbons (Fsp3) is 0.364. The van der Waals surface area contributed by atoms with Crippen molar-refractivity contribution in [2.24, 2.45) is 0 Å². The Labute approximate surface area is 83.1 Å². The van der Waals surface area contributed by atoms with Crippen LogP contribution in [0.15, 0.2) is 24.3 Å². The molecule has 1 aliphatic heterocycles. The maximum atomic E-state index is 11.1. The van der Waals surface area contributed by atoms with Crippen LogP contribution < -0.4 is 10.1 Å². The first-order valence-electron chi connectivity index (χ1n) is 4.73. The van der Waals surface area contributed by atoms with E-state index in [2.05, 4.69) is 5.32 Å². The van der Waals surface area contributed by atoms with E-state index in [-0.39, 0.29) is 11.9 Å². The van der Waals surface area contributed by atoms with Gasteiger partial charge in [0.1, 0.15) is 5.75 Å². The smallest absolute Gasteiger partial charge is 0.220 e. The Bertz CT molecular complexity index is 349. The van der Waals surface area contributed by atoms with Gasteiger partial charge in [-0.1, -0.05) is 18.2 Å². The highest BCUT2D eigenvalue weighted by atomic mass is 16.5. The minimum absolute atomic E-state index is 0.124. The number of methoxy groups -OCH3 is 1. The molecular weight excluding hydrogens is 178 g/mol. The van der Waals surface area contributed by atoms with E-state index in [4.69, 9.17) is 4.74 Å². The van der Waals surface area contributed by atoms with E-state index < -0.39 is 0 Å². The van der Waals surface area contributed by atoms with Gasteiger partial charge in [0, 0.05) is 12.0 Å². The molecule has 0 aliphatic carbocycles. The fourth-order valence-corrected chi connectivity index (χ4v) is 1.80. The Morgan fingerprint density at radius 2 is 2.21 bits per heavy atom. The summed E-state index contributed by atoms with van der Waals surface area (Å²) in [5.41, 5.74) is 1.07. The number of hydrogen-bond acceptors (Lipinski definition) is 2. The Balaban J connectivity index is 2.27. The number of carbonyl (C=O) groups is 1. The van der Waals surface area contributed by atoms with E-state index in [1.807, 2.05) is 24.3 Å². The van der Waals surface area contributed by atoms with Gasteiger partial charge in [0.2, 0.25) is 5.91 Å². The number of benzene rings is 1. The van der Waals surface area contributed by atoms with Crippen molar-refractivity contribution in [3.05, 3.63) is 29.8 Å². The molecule has 1 saturated heterocycles. The van der Waals surface area contributed by atoms with Crippen LogP contribution in [0.5, 0.6) is 5.75 Å². The average molecular weight is 191 g/mol. The van der Waals surface area contributed by atoms with Gasteiger partial charge in [0.05, 0.1) is 13.2 Å². The second-order valence-electron chi connectivity index (χ2n) is 3.40. The highest BCUT2D eigenvalue weighted by Gasteiger charge is 2.24. The van der Waals surface area contributed by atoms with Crippen molar-refractivity contribution >= 4 is 5.91 Å². The van der Waals surface area contributed by atoms with Crippen molar-refractivity contribution in [1.82, 2.24) is 5.32 Å². The first-order chi connectivity index (χ1) is 6.81. The zero-order chi connectivity index (χ0) is 9.97. The number of hydrogen-bond donors (Lipinski definition) is 1. The lowest BCUT2D eigenvalue weighted by Crippen LogP contribution is -2.18. The Morgan fingerprint density at radius 1 is 1.43 bits per heavy atom. The van der Waals surface area contributed by atoms with Crippen molar-refractivity contribution in [1.29, 1.82) is 0 Å². The zero-order valence-corrected chi connectivity index (χ0v) is 8.12. The molecule has 0 unspecified atom stereocenters. The minimum Gasteiger partial charge on any atom is -0.496 e. The Morgan fingerprint density at radius 3 is 2.86 bits per heavy atom. The van der Waals surface area contributed by atoms with Gasteiger partial charge in [-0.05, 0) is 12.5 Å². The van der Waals surface area contributed by atoms with Crippen LogP contribution in [-0.4, -0.2) is 13.0 Å². The van der Waals surface area contributed by atoms with Gasteiger partial charge in [-0.2, -0.15) is 0 Å². The van der Waals surface area contributed by atoms with E-state index in [1.165, 1.54) is 0 Å². The number of ether oxygens (including phenoxy) is 1. The summed E-state index contributed by atoms with van der Waals surface area (Å²) in [4.78, 5) is 11.1. The van der Waals surface area contributed by atoms with Crippen molar-refractivity contribution in [2.45, 2.75) is 18.9 Å². The summed E-state index contributed by atoms with van der Waals surface area (Å²) in [6.07, 6.45) is 1.47. The molecule has 1 fully saturated rings. The molecule has 14 heavy (non-hydrogen) atoms. The summed E-state index contributed by atoms with van der Waals surface area (Å²) in [5, 5.41) is 2.93. The molecule has 1 heterocycles. The summed E-state index contributed by atoms with van der Waals surface area (Å²) in [6.45, 7) is 0. The molecule has 1 aliphatic rings. The van der Waals surface area contributed by atoms with Crippen LogP contribution in [0.4, 0.5) is 0 Å². The lowest BCUT2D eigenvalue weighted by atomic mass is 10.0. The van der Waals surface area contributed by atoms with Crippen LogP contribution in [-0.2, 0) is 4.79 Å². The van der Waals surface area contributed by atoms with Crippen molar-refractivity contribution in [3.8, 4) is 5.75 Å². The first kappa shape index (κ1) is 9.06. The van der Waals surface area contributed by atoms with E-state index in [0.717, 1.165) is 17.7 Å². The lowest BCUT2D eigenvalue weighted by molar-refractivity contribution is -0.119. The largest absolute Gasteiger partial charge is 0.496 e. The summed E-state index contributed by atoms with van der Waals surface area (Å²) in [5.74, 6) is 0.973. The van der Waals surface area contributed by atoms with Gasteiger partial charge < -0.3 is 10.1 Å². The summed E-state index contributed by atoms with van der Waals surface area (Å²) in [7, 11) is 1.65. The van der Waals surface area contributed by atoms with Gasteiger partial charge in [-0.3, -0.25) is 4.79 Å². The second-order valence-corrected chi connectivity index (χ2v) is 3.40. The van der Waals surface area contributed by atoms with Gasteiger partial charge in [-0.25, -0.2) is 0 Å². The molecule has 3 heteroatoms. The maximum absolute atomic E-state index is 11.1. The molecular formula is C11H13NO2. The quantitative estimate of drug-likeness (QED) is 0.771. The first-order valence-corrected chi connectivity index (χ1v) is 4.73. The van der Waals surface area contributed by atoms with Crippen LogP contribution in [0.25, 0.3) is 0 Å². The third-order valence-corrected chi connectivity index (χ3v) is 2.51. The average Bonchev–Trinajstić information content (AvgIpc) is 2.65. The third-order valence-electron chi connectivity index (χ3n) is 2.51. The Kier molecular flexibility index (Phi) is 2.39. The van der Waals surface area contributed by atoms with Crippen molar-refractivity contribution in [3.63, 3.8) is 0 Å². The summed E-state index contributed by atoms with van der Waals surface area (Å²) < 4.78 is 5.24. The molecule has 1 amide bonds. The summed E-state index contributed by atoms with van der Waals surface area (Å²) >= 11 is 0. The molecule has 1 atom stereocenters. The normalized spacial score (nSPS) is 20.6. The molecule has 1 N–H and O–H groups in total. The fourth-order valence-electron chi connectivity index (χ4n) is 1.80. The molecule has 0 bridgehead atoms. The van der Waals surface area contributed by atoms with Gasteiger partial charge >= 0.3 is 0 Å². The number of carbonyl (C=O) groups excluding carboxylic acids is 1. The lowest BCUT2D eigenvalue weighted by Gasteiger charge is -2.13. The van der Waals surface area contributed by atoms with Crippen LogP contribution in [0.2, 0.25) is 0 Å². The minimum atomic E-state index is 0.124. The van der Waals surface area contributed by atoms with Crippen LogP contribution >= 0.6 is 0 Å². The maximum Gasteiger partial charge on any atom is 0.220 e. The van der Waals surface area contributed by atoms with E-state index in [1.54, 1.807) is 7.11 Å². The van der Waals surface area contributed by atoms with Crippen LogP contribution in [0.1, 0.15) is 24.4 Å². The van der Waals surface area contributed by atoms with Crippen molar-refractivity contribution < 1.29 is 9.53 Å². The van der Waals surface area contributed by atoms with Gasteiger partial charge in [0.25, 0.3) is 0 Å². The zero-order valence-electron chi connectivity index (χ0n) is 8.12. The Hall–Kier alpha value is -1.51. The molecule has 2 rings (SSSR count). The predicted octanol–water partition coefficient (Wildman–Crippen LogP) is 1.65. The van der Waals surface area contributed by atoms with E-state index >= 15 is 0 Å². The number of para-hydroxylation sites is 1. The number of rotatable bonds is 2. The number of amides is 1. The highest BCUT2D eigenvalue weighted by Crippen LogP contribution is 2.30. The topological polar surface area (TPSA) is 38.3 Å². The predicted molar refractivity (Wildman–Crippen MR) is 53.1 cm³/mol. The summed E-state index contributed by atoms with van der Waals surface area (Å²) in [6, 6.07) is 7.93. The van der Waals surface area contributed by atoms with E-state index in [0.29, 0.717) is 6.42 Å². The van der Waals surface area contributed by atoms with E-state index in [9.17, 15) is 4.79 Å². The second kappa shape index (κ2) is 3.70. The molecule has 0 aromatic heterocycles. The molecule has 3 nitrogen and oxygen atoms in total. The van der Waals surface area contributed by atoms with Gasteiger partial charge in [-0.15, -0.1) is 0 Å². The molecule has 1 aromatic rings. The molecule has 0 radical (unpaired) electrons. The highest BCUT2D eigenvalue weighted by molar-refractivity contribution is 5.78.